The highest BCUT2D eigenvalue weighted by Crippen LogP contribution is 2.52. The zero-order valence-corrected chi connectivity index (χ0v) is 16.4. The van der Waals surface area contributed by atoms with Gasteiger partial charge in [0, 0.05) is 11.1 Å². The molecule has 2 aromatic carbocycles. The smallest absolute Gasteiger partial charge is 0.369 e. The summed E-state index contributed by atoms with van der Waals surface area (Å²) in [6.45, 7) is 0. The van der Waals surface area contributed by atoms with E-state index in [-0.39, 0.29) is 12.1 Å². The third-order valence-corrected chi connectivity index (χ3v) is 5.73. The van der Waals surface area contributed by atoms with Gasteiger partial charge in [-0.3, -0.25) is 0 Å². The number of halogens is 12. The van der Waals surface area contributed by atoms with Crippen LogP contribution < -0.4 is 10.6 Å². The SMILES string of the molecule is [2H]P(c1ccccc1C(O)(C(F)(F)F)C(F)(F)F)c1ccccc1C(O)(C(F)(F)F)C(F)(F)F. The molecular formula is C18H11F12O2P. The van der Waals surface area contributed by atoms with Gasteiger partial charge in [-0.1, -0.05) is 57.1 Å². The van der Waals surface area contributed by atoms with Crippen LogP contribution >= 0.6 is 8.53 Å². The standard InChI is InChI=1S/C18H11F12O2P/c19-15(20,21)13(31,16(22,23)24)9-5-1-3-7-11(9)33-12-8-4-2-6-10(12)14(32,17(25,26)27)18(28,29)30/h1-8,31-33H/i33D. The molecular weight excluding hydrogens is 507 g/mol. The van der Waals surface area contributed by atoms with Crippen molar-refractivity contribution in [3.05, 3.63) is 59.7 Å². The Labute approximate surface area is 179 Å². The van der Waals surface area contributed by atoms with Gasteiger partial charge in [-0.15, -0.1) is 0 Å². The second-order valence-corrected chi connectivity index (χ2v) is 7.75. The summed E-state index contributed by atoms with van der Waals surface area (Å²) in [6, 6.07) is 3.79. The molecule has 0 amide bonds. The highest BCUT2D eigenvalue weighted by atomic mass is 31.1. The summed E-state index contributed by atoms with van der Waals surface area (Å²) in [5.41, 5.74) is -15.2. The van der Waals surface area contributed by atoms with Crippen molar-refractivity contribution < 1.29 is 62.9 Å². The Kier molecular flexibility index (Phi) is 6.44. The topological polar surface area (TPSA) is 40.5 Å². The average Bonchev–Trinajstić information content (AvgIpc) is 2.68. The summed E-state index contributed by atoms with van der Waals surface area (Å²) in [7, 11) is -3.60. The van der Waals surface area contributed by atoms with Gasteiger partial charge in [0.1, 0.15) is 0 Å². The highest BCUT2D eigenvalue weighted by Gasteiger charge is 2.73. The molecule has 0 aliphatic rings. The number of benzene rings is 2. The van der Waals surface area contributed by atoms with Crippen LogP contribution in [0.25, 0.3) is 0 Å². The van der Waals surface area contributed by atoms with E-state index in [2.05, 4.69) is 0 Å². The lowest BCUT2D eigenvalue weighted by Gasteiger charge is -2.35. The molecule has 2 aromatic rings. The second-order valence-electron chi connectivity index (χ2n) is 6.56. The Morgan fingerprint density at radius 3 is 1.00 bits per heavy atom. The van der Waals surface area contributed by atoms with Crippen LogP contribution in [0.15, 0.2) is 48.5 Å². The molecule has 0 spiro atoms. The largest absolute Gasteiger partial charge is 0.430 e. The van der Waals surface area contributed by atoms with Crippen LogP contribution in [0.4, 0.5) is 52.7 Å². The molecule has 0 heterocycles. The average molecular weight is 519 g/mol. The maximum Gasteiger partial charge on any atom is 0.430 e. The van der Waals surface area contributed by atoms with Crippen molar-refractivity contribution in [2.45, 2.75) is 35.9 Å². The molecule has 0 bridgehead atoms. The van der Waals surface area contributed by atoms with Gasteiger partial charge in [-0.25, -0.2) is 0 Å². The number of aliphatic hydroxyl groups is 2. The minimum Gasteiger partial charge on any atom is -0.369 e. The molecule has 0 radical (unpaired) electrons. The molecule has 184 valence electrons. The van der Waals surface area contributed by atoms with E-state index in [1.54, 1.807) is 0 Å². The normalized spacial score (nSPS) is 15.1. The summed E-state index contributed by atoms with van der Waals surface area (Å²) in [6.07, 6.45) is -25.7. The zero-order chi connectivity index (χ0) is 26.5. The van der Waals surface area contributed by atoms with Crippen molar-refractivity contribution in [2.24, 2.45) is 0 Å². The molecule has 2 rings (SSSR count). The first kappa shape index (κ1) is 25.6. The van der Waals surface area contributed by atoms with E-state index in [4.69, 9.17) is 1.28 Å². The van der Waals surface area contributed by atoms with Crippen molar-refractivity contribution in [3.63, 3.8) is 0 Å². The van der Waals surface area contributed by atoms with Crippen LogP contribution in [0, 0.1) is 0 Å². The Balaban J connectivity index is 2.88. The van der Waals surface area contributed by atoms with Gasteiger partial charge in [0.15, 0.2) is 0 Å². The summed E-state index contributed by atoms with van der Waals surface area (Å²) in [5, 5.41) is 16.7. The fourth-order valence-electron chi connectivity index (χ4n) is 2.82. The number of hydrogen-bond donors (Lipinski definition) is 2. The summed E-state index contributed by atoms with van der Waals surface area (Å²) >= 11 is 0. The molecule has 2 N–H and O–H groups in total. The van der Waals surface area contributed by atoms with Crippen molar-refractivity contribution in [3.8, 4) is 0 Å². The van der Waals surface area contributed by atoms with E-state index in [1.165, 1.54) is 0 Å². The van der Waals surface area contributed by atoms with Crippen molar-refractivity contribution >= 4 is 19.1 Å². The van der Waals surface area contributed by atoms with Gasteiger partial charge in [-0.05, 0) is 10.6 Å². The fraction of sp³-hybridized carbons (Fsp3) is 0.333. The maximum absolute atomic E-state index is 13.4. The van der Waals surface area contributed by atoms with E-state index in [0.29, 0.717) is 24.3 Å². The molecule has 2 nitrogen and oxygen atoms in total. The number of rotatable bonds is 4. The molecule has 0 aliphatic carbocycles. The van der Waals surface area contributed by atoms with Crippen LogP contribution in [-0.4, -0.2) is 36.2 Å². The first-order chi connectivity index (χ1) is 15.1. The van der Waals surface area contributed by atoms with Crippen molar-refractivity contribution in [2.75, 3.05) is 0 Å². The Morgan fingerprint density at radius 1 is 0.515 bits per heavy atom. The summed E-state index contributed by atoms with van der Waals surface area (Å²) < 4.78 is 168. The summed E-state index contributed by atoms with van der Waals surface area (Å²) in [5.74, 6) is 0. The Hall–Kier alpha value is -2.05. The van der Waals surface area contributed by atoms with E-state index >= 15 is 0 Å². The van der Waals surface area contributed by atoms with Crippen LogP contribution in [0.5, 0.6) is 0 Å². The molecule has 0 aromatic heterocycles. The first-order valence-electron chi connectivity index (χ1n) is 8.76. The van der Waals surface area contributed by atoms with Crippen molar-refractivity contribution in [1.82, 2.24) is 0 Å². The van der Waals surface area contributed by atoms with Gasteiger partial charge >= 0.3 is 24.7 Å². The van der Waals surface area contributed by atoms with Gasteiger partial charge in [0.25, 0.3) is 11.2 Å². The molecule has 33 heavy (non-hydrogen) atoms. The number of hydrogen-bond acceptors (Lipinski definition) is 2. The molecule has 0 fully saturated rings. The predicted octanol–water partition coefficient (Wildman–Crippen LogP) is 4.94. The monoisotopic (exact) mass is 519 g/mol. The third kappa shape index (κ3) is 4.52. The number of alkyl halides is 12. The highest BCUT2D eigenvalue weighted by molar-refractivity contribution is 7.55. The van der Waals surface area contributed by atoms with Crippen LogP contribution in [0.1, 0.15) is 11.1 Å². The van der Waals surface area contributed by atoms with Crippen LogP contribution in [-0.2, 0) is 11.2 Å². The molecule has 0 aliphatic heterocycles. The molecule has 0 saturated carbocycles. The lowest BCUT2D eigenvalue weighted by molar-refractivity contribution is -0.376. The molecule has 0 unspecified atom stereocenters. The van der Waals surface area contributed by atoms with E-state index in [9.17, 15) is 62.9 Å². The lowest BCUT2D eigenvalue weighted by atomic mass is 9.92. The minimum atomic E-state index is -6.43. The first-order valence-corrected chi connectivity index (χ1v) is 9.21. The van der Waals surface area contributed by atoms with Crippen molar-refractivity contribution in [1.29, 1.82) is 1.28 Å². The van der Waals surface area contributed by atoms with E-state index < -0.39 is 66.2 Å². The van der Waals surface area contributed by atoms with Gasteiger partial charge in [0.2, 0.25) is 0 Å². The van der Waals surface area contributed by atoms with E-state index in [1.807, 2.05) is 0 Å². The lowest BCUT2D eigenvalue weighted by Crippen LogP contribution is -2.56. The molecule has 0 saturated heterocycles. The predicted molar refractivity (Wildman–Crippen MR) is 92.5 cm³/mol. The van der Waals surface area contributed by atoms with Crippen LogP contribution in [0.3, 0.4) is 0 Å². The second kappa shape index (κ2) is 8.31. The van der Waals surface area contributed by atoms with Gasteiger partial charge < -0.3 is 10.2 Å². The Bertz CT molecular complexity index is 920. The molecule has 15 heteroatoms. The minimum absolute atomic E-state index is 0.0997. The van der Waals surface area contributed by atoms with Gasteiger partial charge in [0.05, 0.1) is 1.28 Å². The van der Waals surface area contributed by atoms with E-state index in [0.717, 1.165) is 12.1 Å². The fourth-order valence-corrected chi connectivity index (χ4v) is 4.11. The maximum atomic E-state index is 13.4. The quantitative estimate of drug-likeness (QED) is 0.444. The molecule has 0 atom stereocenters. The summed E-state index contributed by atoms with van der Waals surface area (Å²) in [4.78, 5) is 0. The zero-order valence-electron chi connectivity index (χ0n) is 16.5. The Morgan fingerprint density at radius 2 is 0.758 bits per heavy atom. The van der Waals surface area contributed by atoms with Gasteiger partial charge in [-0.2, -0.15) is 52.7 Å². The van der Waals surface area contributed by atoms with Crippen LogP contribution in [0.2, 0.25) is 0 Å². The third-order valence-electron chi connectivity index (χ3n) is 4.47.